The predicted octanol–water partition coefficient (Wildman–Crippen LogP) is 7.04. The number of piperidine rings is 1. The second-order valence-corrected chi connectivity index (χ2v) is 19.0. The summed E-state index contributed by atoms with van der Waals surface area (Å²) in [4.78, 5) is 21.2. The molecule has 1 saturated carbocycles. The first-order chi connectivity index (χ1) is 26.7. The summed E-state index contributed by atoms with van der Waals surface area (Å²) < 4.78 is 34.4. The fraction of sp³-hybridized carbons (Fsp3) is 0.659. The van der Waals surface area contributed by atoms with Crippen molar-refractivity contribution in [3.05, 3.63) is 70.3 Å². The molecule has 3 fully saturated rings. The zero-order valence-electron chi connectivity index (χ0n) is 33.5. The monoisotopic (exact) mass is 794 g/mol. The van der Waals surface area contributed by atoms with E-state index >= 15 is 0 Å². The zero-order chi connectivity index (χ0) is 38.5. The molecule has 1 N–H and O–H groups in total. The molecule has 8 atom stereocenters. The van der Waals surface area contributed by atoms with Gasteiger partial charge in [0, 0.05) is 75.6 Å². The number of nitrogens with zero attached hydrogens (tertiary/aromatic N) is 3. The molecule has 2 aromatic rings. The molecular formula is C44H63ClN4O5S. The van der Waals surface area contributed by atoms with Crippen LogP contribution in [0.3, 0.4) is 0 Å². The van der Waals surface area contributed by atoms with Crippen molar-refractivity contribution in [1.29, 1.82) is 0 Å². The Morgan fingerprint density at radius 3 is 2.71 bits per heavy atom. The molecule has 11 heteroatoms. The van der Waals surface area contributed by atoms with Gasteiger partial charge in [0.2, 0.25) is 0 Å². The van der Waals surface area contributed by atoms with Crippen LogP contribution in [-0.4, -0.2) is 111 Å². The number of carbonyl (C=O) groups is 1. The van der Waals surface area contributed by atoms with Crippen LogP contribution in [0.2, 0.25) is 5.02 Å². The van der Waals surface area contributed by atoms with Crippen LogP contribution >= 0.6 is 11.6 Å². The summed E-state index contributed by atoms with van der Waals surface area (Å²) in [7, 11) is 4.12. The van der Waals surface area contributed by atoms with Gasteiger partial charge in [0.05, 0.1) is 23.6 Å². The van der Waals surface area contributed by atoms with E-state index in [4.69, 9.17) is 25.8 Å². The second kappa shape index (κ2) is 18.4. The maximum absolute atomic E-state index is 13.6. The molecule has 2 aliphatic carbocycles. The number of likely N-dealkylation sites (N-methyl/N-ethyl adjacent to an activating group) is 1. The maximum Gasteiger partial charge on any atom is 0.263 e. The molecule has 4 aliphatic heterocycles. The number of allylic oxidation sites excluding steroid dienone is 1. The van der Waals surface area contributed by atoms with Gasteiger partial charge in [0.25, 0.3) is 5.91 Å². The molecule has 2 bridgehead atoms. The molecule has 1 amide bonds. The third-order valence-corrected chi connectivity index (χ3v) is 15.4. The van der Waals surface area contributed by atoms with Crippen molar-refractivity contribution in [3.63, 3.8) is 0 Å². The molecular weight excluding hydrogens is 732 g/mol. The predicted molar refractivity (Wildman–Crippen MR) is 223 cm³/mol. The molecule has 0 radical (unpaired) electrons. The van der Waals surface area contributed by atoms with E-state index in [-0.39, 0.29) is 28.6 Å². The summed E-state index contributed by atoms with van der Waals surface area (Å²) in [6.45, 7) is 10.0. The van der Waals surface area contributed by atoms with Crippen molar-refractivity contribution < 1.29 is 23.2 Å². The molecule has 4 heterocycles. The topological polar surface area (TPSA) is 83.6 Å². The van der Waals surface area contributed by atoms with Gasteiger partial charge in [-0.3, -0.25) is 14.4 Å². The van der Waals surface area contributed by atoms with Gasteiger partial charge in [-0.05, 0) is 131 Å². The number of rotatable bonds is 4. The van der Waals surface area contributed by atoms with Gasteiger partial charge < -0.3 is 24.0 Å². The maximum atomic E-state index is 13.6. The molecule has 8 rings (SSSR count). The van der Waals surface area contributed by atoms with Crippen LogP contribution < -0.4 is 14.4 Å². The number of carbonyl (C=O) groups excluding carboxylic acids is 1. The molecule has 1 spiro atoms. The number of piperazine rings is 1. The van der Waals surface area contributed by atoms with Crippen LogP contribution in [0.5, 0.6) is 5.75 Å². The van der Waals surface area contributed by atoms with Crippen LogP contribution in [0.4, 0.5) is 5.69 Å². The Balaban J connectivity index is 0.000000360. The van der Waals surface area contributed by atoms with Crippen LogP contribution in [0.15, 0.2) is 48.6 Å². The highest BCUT2D eigenvalue weighted by Crippen LogP contribution is 2.47. The number of halogens is 1. The Hall–Kier alpha value is -2.47. The molecule has 9 nitrogen and oxygen atoms in total. The average Bonchev–Trinajstić information content (AvgIpc) is 3.32. The van der Waals surface area contributed by atoms with Gasteiger partial charge in [-0.1, -0.05) is 43.2 Å². The average molecular weight is 796 g/mol. The van der Waals surface area contributed by atoms with Gasteiger partial charge in [-0.2, -0.15) is 0 Å². The second-order valence-electron chi connectivity index (χ2n) is 17.1. The molecule has 2 saturated heterocycles. The number of anilines is 1. The number of hydrogen-bond donors (Lipinski definition) is 1. The minimum absolute atomic E-state index is 0.0250. The summed E-state index contributed by atoms with van der Waals surface area (Å²) in [5.41, 5.74) is 3.85. The number of amides is 1. The molecule has 0 aromatic heterocycles. The lowest BCUT2D eigenvalue weighted by Gasteiger charge is -2.46. The van der Waals surface area contributed by atoms with Gasteiger partial charge in [0.15, 0.2) is 0 Å². The van der Waals surface area contributed by atoms with Crippen molar-refractivity contribution in [3.8, 4) is 5.75 Å². The summed E-state index contributed by atoms with van der Waals surface area (Å²) in [5.74, 6) is 1.40. The third-order valence-electron chi connectivity index (χ3n) is 13.5. The van der Waals surface area contributed by atoms with Crippen molar-refractivity contribution in [2.24, 2.45) is 17.8 Å². The highest BCUT2D eigenvalue weighted by Gasteiger charge is 2.44. The van der Waals surface area contributed by atoms with Crippen molar-refractivity contribution >= 4 is 34.2 Å². The number of nitrogens with one attached hydrogen (secondary N) is 1. The van der Waals surface area contributed by atoms with Gasteiger partial charge >= 0.3 is 0 Å². The standard InChI is InChI=1S/C35H45ClN2O5S.C9H18N2/c1-23-6-4-8-31(42-3)28-12-9-26(28)20-38-21-35(16-5-7-24-18-27(36)11-13-29(24)35)22-43-32-14-10-25(19-30(32)38)34(39)37-44(40)33(23)15-17-41-2;1-10-6-7-11-5-3-2-4-9(11)8-10/h4,8,10-11,13-14,18-19,23,26,28,31,33H,5-7,9,12,15-17,20-22H2,1-3H3,(H,37,39);9H,2-8H2,1H3/b8-4+;/t23?,26?,28?,31?,33?,35-,44?;/m0./s1. The minimum atomic E-state index is -1.58. The highest BCUT2D eigenvalue weighted by molar-refractivity contribution is 7.84. The largest absolute Gasteiger partial charge is 0.490 e. The Kier molecular flexibility index (Phi) is 13.6. The fourth-order valence-corrected chi connectivity index (χ4v) is 11.6. The normalized spacial score (nSPS) is 33.3. The molecule has 55 heavy (non-hydrogen) atoms. The van der Waals surface area contributed by atoms with E-state index in [1.165, 1.54) is 56.6 Å². The van der Waals surface area contributed by atoms with Crippen molar-refractivity contribution in [1.82, 2.24) is 14.5 Å². The number of benzene rings is 2. The van der Waals surface area contributed by atoms with Crippen LogP contribution in [0.1, 0.15) is 86.2 Å². The number of hydrogen-bond acceptors (Lipinski definition) is 8. The Morgan fingerprint density at radius 1 is 1.04 bits per heavy atom. The lowest BCUT2D eigenvalue weighted by molar-refractivity contribution is 0.0131. The van der Waals surface area contributed by atoms with E-state index in [9.17, 15) is 9.00 Å². The SMILES string of the molecule is CN1CCN2CCCCC2C1.COCCC1C(C)C/C=C/C(OC)C2CCC2CN2C[C@@]3(CCCc4cc(Cl)ccc43)COc3ccc(cc32)C(=O)NS1=O. The number of methoxy groups -OCH3 is 2. The third kappa shape index (κ3) is 9.31. The van der Waals surface area contributed by atoms with Gasteiger partial charge in [-0.25, -0.2) is 4.21 Å². The summed E-state index contributed by atoms with van der Waals surface area (Å²) in [6, 6.07) is 12.8. The molecule has 6 aliphatic rings. The summed E-state index contributed by atoms with van der Waals surface area (Å²) in [5, 5.41) is 0.529. The van der Waals surface area contributed by atoms with E-state index in [1.807, 2.05) is 18.2 Å². The van der Waals surface area contributed by atoms with Crippen LogP contribution in [-0.2, 0) is 32.3 Å². The lowest BCUT2D eigenvalue weighted by Crippen LogP contribution is -2.53. The Labute approximate surface area is 337 Å². The molecule has 302 valence electrons. The first-order valence-corrected chi connectivity index (χ1v) is 22.4. The number of aryl methyl sites for hydroxylation is 1. The van der Waals surface area contributed by atoms with Gasteiger partial charge in [-0.15, -0.1) is 0 Å². The smallest absolute Gasteiger partial charge is 0.263 e. The molecule has 2 aromatic carbocycles. The Bertz CT molecular complexity index is 1690. The van der Waals surface area contributed by atoms with Crippen molar-refractivity contribution in [2.45, 2.75) is 93.9 Å². The first kappa shape index (κ1) is 40.7. The number of fused-ring (bicyclic) bond motifs is 5. The minimum Gasteiger partial charge on any atom is -0.490 e. The summed E-state index contributed by atoms with van der Waals surface area (Å²) in [6.07, 6.45) is 15.4. The van der Waals surface area contributed by atoms with E-state index in [0.717, 1.165) is 74.1 Å². The fourth-order valence-electron chi connectivity index (χ4n) is 10.1. The molecule has 7 unspecified atom stereocenters. The van der Waals surface area contributed by atoms with Crippen LogP contribution in [0, 0.1) is 17.8 Å². The van der Waals surface area contributed by atoms with Crippen molar-refractivity contribution in [2.75, 3.05) is 78.6 Å². The Morgan fingerprint density at radius 2 is 1.91 bits per heavy atom. The quantitative estimate of drug-likeness (QED) is 0.331. The zero-order valence-corrected chi connectivity index (χ0v) is 35.1. The highest BCUT2D eigenvalue weighted by atomic mass is 35.5. The summed E-state index contributed by atoms with van der Waals surface area (Å²) >= 11 is 6.43. The van der Waals surface area contributed by atoms with Gasteiger partial charge in [0.1, 0.15) is 16.7 Å². The van der Waals surface area contributed by atoms with E-state index < -0.39 is 11.0 Å². The van der Waals surface area contributed by atoms with E-state index in [2.05, 4.69) is 57.7 Å². The first-order valence-electron chi connectivity index (χ1n) is 20.8. The van der Waals surface area contributed by atoms with E-state index in [1.54, 1.807) is 20.3 Å². The number of ether oxygens (including phenoxy) is 3. The van der Waals surface area contributed by atoms with Crippen LogP contribution in [0.25, 0.3) is 0 Å². The van der Waals surface area contributed by atoms with E-state index in [0.29, 0.717) is 37.0 Å². The lowest BCUT2D eigenvalue weighted by atomic mass is 9.68.